The summed E-state index contributed by atoms with van der Waals surface area (Å²) in [5.41, 5.74) is 0.597. The number of nitrogens with zero attached hydrogens (tertiary/aromatic N) is 1. The lowest BCUT2D eigenvalue weighted by Crippen LogP contribution is -2.13. The van der Waals surface area contributed by atoms with Crippen LogP contribution in [0.25, 0.3) is 0 Å². The highest BCUT2D eigenvalue weighted by Crippen LogP contribution is 2.26. The molecule has 0 unspecified atom stereocenters. The number of thioether (sulfide) groups is 1. The standard InChI is InChI=1S/C19H33BrN2OS/c1-3-4-5-6-7-8-9-10-11-12-13-14-15-24-18-17(20)16(2)21-19(23)22-18/h3-15H2,1-2H3,(H,21,22,23). The summed E-state index contributed by atoms with van der Waals surface area (Å²) in [4.78, 5) is 18.1. The minimum Gasteiger partial charge on any atom is -0.309 e. The molecule has 1 rings (SSSR count). The first-order valence-electron chi connectivity index (χ1n) is 9.54. The van der Waals surface area contributed by atoms with Gasteiger partial charge in [-0.15, -0.1) is 11.8 Å². The molecule has 1 aromatic heterocycles. The Hall–Kier alpha value is -0.290. The molecule has 0 bridgehead atoms. The van der Waals surface area contributed by atoms with E-state index >= 15 is 0 Å². The van der Waals surface area contributed by atoms with Crippen molar-refractivity contribution in [3.8, 4) is 0 Å². The van der Waals surface area contributed by atoms with Crippen molar-refractivity contribution in [2.45, 2.75) is 95.9 Å². The first-order valence-corrected chi connectivity index (χ1v) is 11.3. The molecule has 0 fully saturated rings. The van der Waals surface area contributed by atoms with Crippen LogP contribution in [0.3, 0.4) is 0 Å². The molecule has 0 radical (unpaired) electrons. The largest absolute Gasteiger partial charge is 0.346 e. The molecule has 0 atom stereocenters. The second-order valence-electron chi connectivity index (χ2n) is 6.52. The Labute approximate surface area is 159 Å². The quantitative estimate of drug-likeness (QED) is 0.210. The fourth-order valence-corrected chi connectivity index (χ4v) is 4.25. The molecule has 0 saturated carbocycles. The van der Waals surface area contributed by atoms with E-state index in [0.717, 1.165) is 20.9 Å². The molecule has 24 heavy (non-hydrogen) atoms. The van der Waals surface area contributed by atoms with Crippen molar-refractivity contribution in [2.24, 2.45) is 0 Å². The van der Waals surface area contributed by atoms with Crippen LogP contribution in [0.1, 0.15) is 89.7 Å². The van der Waals surface area contributed by atoms with E-state index < -0.39 is 0 Å². The normalized spacial score (nSPS) is 11.1. The number of rotatable bonds is 14. The average molecular weight is 417 g/mol. The summed E-state index contributed by atoms with van der Waals surface area (Å²) in [6.07, 6.45) is 16.4. The van der Waals surface area contributed by atoms with Crippen LogP contribution in [0.15, 0.2) is 14.3 Å². The van der Waals surface area contributed by atoms with Crippen molar-refractivity contribution in [1.29, 1.82) is 0 Å². The minimum atomic E-state index is -0.257. The predicted octanol–water partition coefficient (Wildman–Crippen LogP) is 6.63. The van der Waals surface area contributed by atoms with Gasteiger partial charge in [0.15, 0.2) is 0 Å². The molecular weight excluding hydrogens is 384 g/mol. The molecule has 5 heteroatoms. The van der Waals surface area contributed by atoms with Gasteiger partial charge in [-0.25, -0.2) is 4.79 Å². The van der Waals surface area contributed by atoms with Crippen LogP contribution >= 0.6 is 27.7 Å². The highest BCUT2D eigenvalue weighted by molar-refractivity contribution is 9.10. The number of halogens is 1. The summed E-state index contributed by atoms with van der Waals surface area (Å²) in [6.45, 7) is 4.16. The van der Waals surface area contributed by atoms with Crippen molar-refractivity contribution in [1.82, 2.24) is 9.97 Å². The lowest BCUT2D eigenvalue weighted by atomic mass is 10.1. The Morgan fingerprint density at radius 2 is 1.42 bits per heavy atom. The molecule has 0 aliphatic carbocycles. The second-order valence-corrected chi connectivity index (χ2v) is 8.40. The zero-order valence-corrected chi connectivity index (χ0v) is 17.7. The Bertz CT molecular complexity index is 505. The smallest absolute Gasteiger partial charge is 0.309 e. The molecule has 1 aromatic rings. The first kappa shape index (κ1) is 21.8. The number of nitrogens with one attached hydrogen (secondary N) is 1. The van der Waals surface area contributed by atoms with E-state index in [1.807, 2.05) is 6.92 Å². The Kier molecular flexibility index (Phi) is 12.6. The van der Waals surface area contributed by atoms with E-state index in [4.69, 9.17) is 0 Å². The molecule has 0 amide bonds. The lowest BCUT2D eigenvalue weighted by Gasteiger charge is -2.05. The first-order chi connectivity index (χ1) is 11.6. The van der Waals surface area contributed by atoms with Crippen LogP contribution < -0.4 is 5.69 Å². The number of H-pyrrole nitrogens is 1. The predicted molar refractivity (Wildman–Crippen MR) is 109 cm³/mol. The second kappa shape index (κ2) is 13.9. The molecule has 0 spiro atoms. The zero-order chi connectivity index (χ0) is 17.6. The highest BCUT2D eigenvalue weighted by atomic mass is 79.9. The van der Waals surface area contributed by atoms with E-state index in [2.05, 4.69) is 32.8 Å². The number of aromatic nitrogens is 2. The van der Waals surface area contributed by atoms with Gasteiger partial charge >= 0.3 is 5.69 Å². The van der Waals surface area contributed by atoms with Gasteiger partial charge in [-0.05, 0) is 35.0 Å². The molecule has 0 aromatic carbocycles. The Morgan fingerprint density at radius 3 is 1.96 bits per heavy atom. The van der Waals surface area contributed by atoms with Crippen LogP contribution in [0.2, 0.25) is 0 Å². The monoisotopic (exact) mass is 416 g/mol. The average Bonchev–Trinajstić information content (AvgIpc) is 2.56. The van der Waals surface area contributed by atoms with Crippen LogP contribution in [0, 0.1) is 6.92 Å². The van der Waals surface area contributed by atoms with Crippen molar-refractivity contribution < 1.29 is 0 Å². The van der Waals surface area contributed by atoms with Gasteiger partial charge in [-0.2, -0.15) is 4.98 Å². The third kappa shape index (κ3) is 9.87. The lowest BCUT2D eigenvalue weighted by molar-refractivity contribution is 0.548. The van der Waals surface area contributed by atoms with Gasteiger partial charge < -0.3 is 4.98 Å². The van der Waals surface area contributed by atoms with Crippen molar-refractivity contribution in [3.63, 3.8) is 0 Å². The summed E-state index contributed by atoms with van der Waals surface area (Å²) >= 11 is 5.18. The summed E-state index contributed by atoms with van der Waals surface area (Å²) in [5.74, 6) is 1.03. The van der Waals surface area contributed by atoms with E-state index in [9.17, 15) is 4.79 Å². The van der Waals surface area contributed by atoms with Gasteiger partial charge in [-0.1, -0.05) is 77.6 Å². The zero-order valence-electron chi connectivity index (χ0n) is 15.3. The van der Waals surface area contributed by atoms with Gasteiger partial charge in [0.25, 0.3) is 0 Å². The van der Waals surface area contributed by atoms with E-state index in [1.165, 1.54) is 77.0 Å². The Balaban J connectivity index is 1.95. The number of aromatic amines is 1. The van der Waals surface area contributed by atoms with Gasteiger partial charge in [-0.3, -0.25) is 0 Å². The van der Waals surface area contributed by atoms with Crippen LogP contribution in [-0.2, 0) is 0 Å². The summed E-state index contributed by atoms with van der Waals surface area (Å²) in [7, 11) is 0. The molecule has 138 valence electrons. The number of hydrogen-bond donors (Lipinski definition) is 1. The summed E-state index contributed by atoms with van der Waals surface area (Å²) in [6, 6.07) is 0. The summed E-state index contributed by atoms with van der Waals surface area (Å²) in [5, 5.41) is 0.819. The fourth-order valence-electron chi connectivity index (χ4n) is 2.75. The third-order valence-corrected chi connectivity index (χ3v) is 6.55. The molecule has 0 saturated heterocycles. The Morgan fingerprint density at radius 1 is 0.917 bits per heavy atom. The number of aryl methyl sites for hydroxylation is 1. The maximum atomic E-state index is 11.4. The van der Waals surface area contributed by atoms with E-state index in [0.29, 0.717) is 0 Å². The van der Waals surface area contributed by atoms with E-state index in [1.54, 1.807) is 11.8 Å². The molecular formula is C19H33BrN2OS. The minimum absolute atomic E-state index is 0.257. The van der Waals surface area contributed by atoms with Crippen LogP contribution in [0.4, 0.5) is 0 Å². The van der Waals surface area contributed by atoms with E-state index in [-0.39, 0.29) is 5.69 Å². The number of hydrogen-bond acceptors (Lipinski definition) is 3. The van der Waals surface area contributed by atoms with Crippen molar-refractivity contribution in [2.75, 3.05) is 5.75 Å². The van der Waals surface area contributed by atoms with Crippen LogP contribution in [0.5, 0.6) is 0 Å². The SMILES string of the molecule is CCCCCCCCCCCCCCSc1nc(=O)[nH]c(C)c1Br. The van der Waals surface area contributed by atoms with Gasteiger partial charge in [0, 0.05) is 5.69 Å². The molecule has 3 nitrogen and oxygen atoms in total. The molecule has 0 aliphatic rings. The van der Waals surface area contributed by atoms with Gasteiger partial charge in [0.05, 0.1) is 4.47 Å². The van der Waals surface area contributed by atoms with Gasteiger partial charge in [0.1, 0.15) is 5.03 Å². The third-order valence-electron chi connectivity index (χ3n) is 4.25. The molecule has 0 aliphatic heterocycles. The number of unbranched alkanes of at least 4 members (excludes halogenated alkanes) is 11. The fraction of sp³-hybridized carbons (Fsp3) is 0.789. The highest BCUT2D eigenvalue weighted by Gasteiger charge is 2.07. The van der Waals surface area contributed by atoms with Crippen molar-refractivity contribution >= 4 is 27.7 Å². The maximum Gasteiger partial charge on any atom is 0.346 e. The van der Waals surface area contributed by atoms with Crippen LogP contribution in [-0.4, -0.2) is 15.7 Å². The summed E-state index contributed by atoms with van der Waals surface area (Å²) < 4.78 is 0.922. The maximum absolute atomic E-state index is 11.4. The van der Waals surface area contributed by atoms with Crippen molar-refractivity contribution in [3.05, 3.63) is 20.7 Å². The molecule has 1 N–H and O–H groups in total. The molecule has 1 heterocycles. The van der Waals surface area contributed by atoms with Gasteiger partial charge in [0.2, 0.25) is 0 Å². The topological polar surface area (TPSA) is 45.8 Å².